The fraction of sp³-hybridized carbons (Fsp3) is 0.0333. The number of halogens is 1. The van der Waals surface area contributed by atoms with Gasteiger partial charge in [0.05, 0.1) is 11.4 Å². The average molecular weight is 828 g/mol. The number of hydrogen-bond donors (Lipinski definition) is 3. The normalized spacial score (nSPS) is 13.4. The van der Waals surface area contributed by atoms with Crippen LogP contribution in [-0.4, -0.2) is 0 Å². The molecule has 0 saturated carbocycles. The molecule has 6 N–H and O–H groups in total. The van der Waals surface area contributed by atoms with Gasteiger partial charge in [0, 0.05) is 11.6 Å². The van der Waals surface area contributed by atoms with Crippen molar-refractivity contribution in [2.75, 3.05) is 11.5 Å². The summed E-state index contributed by atoms with van der Waals surface area (Å²) in [5, 5.41) is 0. The molecule has 4 heteroatoms. The summed E-state index contributed by atoms with van der Waals surface area (Å²) in [5.74, 6) is 0.0481. The Morgan fingerprint density at radius 1 is 0.328 bits per heavy atom. The number of anilines is 2. The van der Waals surface area contributed by atoms with E-state index in [0.717, 1.165) is 95.6 Å². The fourth-order valence-electron chi connectivity index (χ4n) is 8.77. The topological polar surface area (TPSA) is 78.1 Å². The highest BCUT2D eigenvalue weighted by molar-refractivity contribution is 5.86. The Morgan fingerprint density at radius 2 is 0.672 bits per heavy atom. The first kappa shape index (κ1) is 39.9. The molecule has 64 heavy (non-hydrogen) atoms. The van der Waals surface area contributed by atoms with Gasteiger partial charge in [-0.3, -0.25) is 0 Å². The van der Waals surface area contributed by atoms with Gasteiger partial charge in [-0.1, -0.05) is 146 Å². The summed E-state index contributed by atoms with van der Waals surface area (Å²) >= 11 is 0. The van der Waals surface area contributed by atoms with Crippen LogP contribution in [0.1, 0.15) is 17.9 Å². The molecule has 1 atom stereocenters. The highest BCUT2D eigenvalue weighted by Gasteiger charge is 2.14. The molecule has 10 rings (SSSR count). The summed E-state index contributed by atoms with van der Waals surface area (Å²) in [6.07, 6.45) is 7.21. The van der Waals surface area contributed by atoms with E-state index in [9.17, 15) is 4.39 Å². The second-order valence-corrected chi connectivity index (χ2v) is 16.6. The van der Waals surface area contributed by atoms with E-state index in [2.05, 4.69) is 164 Å². The van der Waals surface area contributed by atoms with Crippen LogP contribution in [-0.2, 0) is 0 Å². The Bertz CT molecular complexity index is 3270. The SMILES string of the molecule is NC1=CCC(c2cccc(-c3cccc(-c4cc(-c5cccc(-c6cccc(-c7cccc(F)c7)c6)c5)cc(-c5cccc(-c6cccc(-c7ccc(N)c(N)c7)c6)c5)c4)c3)c2)C=C1. The van der Waals surface area contributed by atoms with Crippen molar-refractivity contribution in [2.24, 2.45) is 5.73 Å². The quantitative estimate of drug-likeness (QED) is 0.127. The number of hydrogen-bond acceptors (Lipinski definition) is 3. The van der Waals surface area contributed by atoms with Crippen LogP contribution in [0, 0.1) is 5.82 Å². The zero-order valence-corrected chi connectivity index (χ0v) is 35.3. The third kappa shape index (κ3) is 8.50. The summed E-state index contributed by atoms with van der Waals surface area (Å²) in [6.45, 7) is 0. The van der Waals surface area contributed by atoms with Crippen LogP contribution in [0.2, 0.25) is 0 Å². The van der Waals surface area contributed by atoms with E-state index >= 15 is 0 Å². The van der Waals surface area contributed by atoms with Crippen molar-refractivity contribution in [1.29, 1.82) is 0 Å². The zero-order valence-electron chi connectivity index (χ0n) is 35.3. The predicted octanol–water partition coefficient (Wildman–Crippen LogP) is 15.2. The number of nitrogen functional groups attached to an aromatic ring is 2. The third-order valence-electron chi connectivity index (χ3n) is 12.3. The van der Waals surface area contributed by atoms with Crippen molar-refractivity contribution < 1.29 is 4.39 Å². The van der Waals surface area contributed by atoms with Gasteiger partial charge in [-0.25, -0.2) is 4.39 Å². The Labute approximate surface area is 374 Å². The first-order valence-corrected chi connectivity index (χ1v) is 21.6. The molecule has 0 radical (unpaired) electrons. The van der Waals surface area contributed by atoms with Crippen molar-refractivity contribution in [2.45, 2.75) is 12.3 Å². The Hall–Kier alpha value is -8.21. The van der Waals surface area contributed by atoms with E-state index in [4.69, 9.17) is 17.2 Å². The summed E-state index contributed by atoms with van der Waals surface area (Å²) in [4.78, 5) is 0. The van der Waals surface area contributed by atoms with Crippen LogP contribution in [0.5, 0.6) is 0 Å². The summed E-state index contributed by atoms with van der Waals surface area (Å²) < 4.78 is 14.2. The average Bonchev–Trinajstić information content (AvgIpc) is 3.35. The molecule has 9 aromatic rings. The molecule has 0 heterocycles. The van der Waals surface area contributed by atoms with Gasteiger partial charge in [0.2, 0.25) is 0 Å². The van der Waals surface area contributed by atoms with Crippen LogP contribution >= 0.6 is 0 Å². The van der Waals surface area contributed by atoms with E-state index in [1.807, 2.05) is 42.5 Å². The molecule has 0 fully saturated rings. The van der Waals surface area contributed by atoms with Gasteiger partial charge in [-0.2, -0.15) is 0 Å². The van der Waals surface area contributed by atoms with E-state index in [1.165, 1.54) is 17.2 Å². The molecule has 0 spiro atoms. The minimum absolute atomic E-state index is 0.247. The van der Waals surface area contributed by atoms with Gasteiger partial charge in [-0.15, -0.1) is 0 Å². The largest absolute Gasteiger partial charge is 0.399 e. The lowest BCUT2D eigenvalue weighted by Crippen LogP contribution is -2.03. The molecular formula is C60H46FN3. The third-order valence-corrected chi connectivity index (χ3v) is 12.3. The number of allylic oxidation sites excluding steroid dienone is 3. The van der Waals surface area contributed by atoms with Crippen molar-refractivity contribution in [3.05, 3.63) is 242 Å². The number of rotatable bonds is 9. The van der Waals surface area contributed by atoms with Gasteiger partial charge in [0.1, 0.15) is 5.82 Å². The molecule has 0 aromatic heterocycles. The molecule has 3 nitrogen and oxygen atoms in total. The molecule has 1 unspecified atom stereocenters. The van der Waals surface area contributed by atoms with Crippen LogP contribution in [0.25, 0.3) is 89.0 Å². The van der Waals surface area contributed by atoms with Crippen molar-refractivity contribution >= 4 is 11.4 Å². The molecule has 0 amide bonds. The van der Waals surface area contributed by atoms with Gasteiger partial charge in [0.25, 0.3) is 0 Å². The van der Waals surface area contributed by atoms with E-state index in [-0.39, 0.29) is 5.82 Å². The highest BCUT2D eigenvalue weighted by Crippen LogP contribution is 2.39. The minimum Gasteiger partial charge on any atom is -0.399 e. The van der Waals surface area contributed by atoms with Crippen molar-refractivity contribution in [1.82, 2.24) is 0 Å². The van der Waals surface area contributed by atoms with E-state index < -0.39 is 0 Å². The number of benzene rings is 9. The van der Waals surface area contributed by atoms with Crippen LogP contribution in [0.3, 0.4) is 0 Å². The van der Waals surface area contributed by atoms with E-state index in [1.54, 1.807) is 12.1 Å². The predicted molar refractivity (Wildman–Crippen MR) is 267 cm³/mol. The maximum absolute atomic E-state index is 14.2. The monoisotopic (exact) mass is 827 g/mol. The minimum atomic E-state index is -0.247. The summed E-state index contributed by atoms with van der Waals surface area (Å²) in [5.41, 5.74) is 38.8. The molecule has 0 bridgehead atoms. The Kier molecular flexibility index (Phi) is 10.8. The number of nitrogens with two attached hydrogens (primary N) is 3. The highest BCUT2D eigenvalue weighted by atomic mass is 19.1. The molecule has 0 saturated heterocycles. The van der Waals surface area contributed by atoms with Crippen LogP contribution in [0.4, 0.5) is 15.8 Å². The standard InChI is InChI=1S/C60H46FN3/c61-57-21-7-20-52(37-57)47-15-2-10-42(29-47)45-13-5-18-50(32-45)55-34-54(49-17-4-12-44(31-49)41-9-1-8-40(28-41)39-22-25-58(62)26-23-39)35-56(36-55)51-19-6-14-46(33-51)43-11-3-16-48(30-43)53-24-27-59(63)60(64)38-53/h1-22,24-39H,23,62-64H2. The lowest BCUT2D eigenvalue weighted by Gasteiger charge is -2.17. The fourth-order valence-corrected chi connectivity index (χ4v) is 8.77. The first-order chi connectivity index (χ1) is 31.3. The smallest absolute Gasteiger partial charge is 0.123 e. The van der Waals surface area contributed by atoms with E-state index in [0.29, 0.717) is 17.3 Å². The molecule has 1 aliphatic rings. The molecule has 0 aliphatic heterocycles. The van der Waals surface area contributed by atoms with Crippen LogP contribution in [0.15, 0.2) is 230 Å². The van der Waals surface area contributed by atoms with Crippen LogP contribution < -0.4 is 17.2 Å². The van der Waals surface area contributed by atoms with Crippen molar-refractivity contribution in [3.8, 4) is 89.0 Å². The molecule has 1 aliphatic carbocycles. The molecular weight excluding hydrogens is 782 g/mol. The maximum Gasteiger partial charge on any atom is 0.123 e. The second kappa shape index (κ2) is 17.3. The molecule has 308 valence electrons. The van der Waals surface area contributed by atoms with Crippen molar-refractivity contribution in [3.63, 3.8) is 0 Å². The van der Waals surface area contributed by atoms with Gasteiger partial charge >= 0.3 is 0 Å². The Morgan fingerprint density at radius 3 is 1.06 bits per heavy atom. The van der Waals surface area contributed by atoms with Gasteiger partial charge < -0.3 is 17.2 Å². The zero-order chi connectivity index (χ0) is 43.6. The van der Waals surface area contributed by atoms with Gasteiger partial charge in [0.15, 0.2) is 0 Å². The second-order valence-electron chi connectivity index (χ2n) is 16.6. The maximum atomic E-state index is 14.2. The Balaban J connectivity index is 1.06. The van der Waals surface area contributed by atoms with Gasteiger partial charge in [-0.05, 0) is 180 Å². The summed E-state index contributed by atoms with van der Waals surface area (Å²) in [7, 11) is 0. The lowest BCUT2D eigenvalue weighted by atomic mass is 9.88. The lowest BCUT2D eigenvalue weighted by molar-refractivity contribution is 0.628. The first-order valence-electron chi connectivity index (χ1n) is 21.6. The summed E-state index contributed by atoms with van der Waals surface area (Å²) in [6, 6.07) is 71.5. The molecule has 9 aromatic carbocycles.